The van der Waals surface area contributed by atoms with Gasteiger partial charge in [-0.25, -0.2) is 4.79 Å². The Bertz CT molecular complexity index is 299. The molecule has 84 valence electrons. The molecule has 1 aromatic heterocycles. The second-order valence-electron chi connectivity index (χ2n) is 4.68. The van der Waals surface area contributed by atoms with E-state index in [0.29, 0.717) is 13.1 Å². The molecule has 2 amide bonds. The molecule has 0 aliphatic heterocycles. The van der Waals surface area contributed by atoms with Crippen molar-refractivity contribution < 1.29 is 9.21 Å². The van der Waals surface area contributed by atoms with Crippen LogP contribution in [0.15, 0.2) is 22.8 Å². The highest BCUT2D eigenvalue weighted by atomic mass is 16.3. The normalized spacial score (nSPS) is 11.1. The molecule has 0 atom stereocenters. The lowest BCUT2D eigenvalue weighted by Gasteiger charge is -2.18. The molecule has 0 unspecified atom stereocenters. The van der Waals surface area contributed by atoms with Gasteiger partial charge >= 0.3 is 6.03 Å². The number of rotatable bonds is 3. The minimum atomic E-state index is -0.165. The Morgan fingerprint density at radius 3 is 2.67 bits per heavy atom. The van der Waals surface area contributed by atoms with Crippen LogP contribution in [0.5, 0.6) is 0 Å². The summed E-state index contributed by atoms with van der Waals surface area (Å²) in [7, 11) is 0. The summed E-state index contributed by atoms with van der Waals surface area (Å²) >= 11 is 0. The number of carbonyl (C=O) groups excluding carboxylic acids is 1. The zero-order chi connectivity index (χ0) is 11.3. The highest BCUT2D eigenvalue weighted by molar-refractivity contribution is 5.73. The first kappa shape index (κ1) is 11.6. The standard InChI is InChI=1S/C11H18N2O2/c1-11(2,3)8-13-10(14)12-7-9-5-4-6-15-9/h4-6H,7-8H2,1-3H3,(H2,12,13,14). The van der Waals surface area contributed by atoms with Crippen molar-refractivity contribution in [3.8, 4) is 0 Å². The number of hydrogen-bond acceptors (Lipinski definition) is 2. The van der Waals surface area contributed by atoms with Gasteiger partial charge in [-0.2, -0.15) is 0 Å². The van der Waals surface area contributed by atoms with E-state index in [4.69, 9.17) is 4.42 Å². The summed E-state index contributed by atoms with van der Waals surface area (Å²) in [4.78, 5) is 11.3. The van der Waals surface area contributed by atoms with E-state index in [1.165, 1.54) is 0 Å². The van der Waals surface area contributed by atoms with E-state index in [1.54, 1.807) is 12.3 Å². The number of amides is 2. The Balaban J connectivity index is 2.20. The number of nitrogens with one attached hydrogen (secondary N) is 2. The molecule has 0 spiro atoms. The second kappa shape index (κ2) is 4.87. The molecule has 0 fully saturated rings. The van der Waals surface area contributed by atoms with Crippen LogP contribution in [0.1, 0.15) is 26.5 Å². The Hall–Kier alpha value is -1.45. The lowest BCUT2D eigenvalue weighted by Crippen LogP contribution is -2.39. The minimum absolute atomic E-state index is 0.0992. The molecule has 0 aromatic carbocycles. The smallest absolute Gasteiger partial charge is 0.315 e. The van der Waals surface area contributed by atoms with E-state index in [1.807, 2.05) is 6.07 Å². The van der Waals surface area contributed by atoms with Gasteiger partial charge in [-0.05, 0) is 17.5 Å². The van der Waals surface area contributed by atoms with E-state index in [-0.39, 0.29) is 11.4 Å². The number of carbonyl (C=O) groups is 1. The van der Waals surface area contributed by atoms with Gasteiger partial charge in [0.15, 0.2) is 0 Å². The van der Waals surface area contributed by atoms with E-state index in [9.17, 15) is 4.79 Å². The van der Waals surface area contributed by atoms with Crippen LogP contribution >= 0.6 is 0 Å². The Labute approximate surface area is 90.0 Å². The number of furan rings is 1. The zero-order valence-corrected chi connectivity index (χ0v) is 9.46. The average Bonchev–Trinajstić information content (AvgIpc) is 2.62. The van der Waals surface area contributed by atoms with E-state index >= 15 is 0 Å². The van der Waals surface area contributed by atoms with Crippen LogP contribution in [0, 0.1) is 5.41 Å². The lowest BCUT2D eigenvalue weighted by atomic mass is 9.97. The van der Waals surface area contributed by atoms with Crippen LogP contribution in [0.3, 0.4) is 0 Å². The van der Waals surface area contributed by atoms with Crippen LogP contribution in [0.2, 0.25) is 0 Å². The molecule has 2 N–H and O–H groups in total. The van der Waals surface area contributed by atoms with Crippen molar-refractivity contribution in [2.75, 3.05) is 6.54 Å². The predicted octanol–water partition coefficient (Wildman–Crippen LogP) is 2.12. The average molecular weight is 210 g/mol. The Morgan fingerprint density at radius 2 is 2.13 bits per heavy atom. The third-order valence-corrected chi connectivity index (χ3v) is 1.78. The summed E-state index contributed by atoms with van der Waals surface area (Å²) in [5.74, 6) is 0.751. The van der Waals surface area contributed by atoms with Crippen molar-refractivity contribution >= 4 is 6.03 Å². The van der Waals surface area contributed by atoms with Crippen LogP contribution in [0.4, 0.5) is 4.79 Å². The SMILES string of the molecule is CC(C)(C)CNC(=O)NCc1ccco1. The fraction of sp³-hybridized carbons (Fsp3) is 0.545. The highest BCUT2D eigenvalue weighted by Crippen LogP contribution is 2.09. The number of hydrogen-bond donors (Lipinski definition) is 2. The maximum Gasteiger partial charge on any atom is 0.315 e. The lowest BCUT2D eigenvalue weighted by molar-refractivity contribution is 0.234. The number of urea groups is 1. The molecule has 4 heteroatoms. The predicted molar refractivity (Wildman–Crippen MR) is 58.4 cm³/mol. The fourth-order valence-corrected chi connectivity index (χ4v) is 0.989. The van der Waals surface area contributed by atoms with Crippen molar-refractivity contribution in [2.45, 2.75) is 27.3 Å². The maximum atomic E-state index is 11.3. The first-order chi connectivity index (χ1) is 6.97. The molecule has 0 aliphatic carbocycles. The Kier molecular flexibility index (Phi) is 3.77. The van der Waals surface area contributed by atoms with Gasteiger partial charge in [-0.3, -0.25) is 0 Å². The largest absolute Gasteiger partial charge is 0.467 e. The van der Waals surface area contributed by atoms with E-state index in [0.717, 1.165) is 5.76 Å². The molecule has 0 saturated heterocycles. The molecule has 1 rings (SSSR count). The van der Waals surface area contributed by atoms with Crippen molar-refractivity contribution in [1.29, 1.82) is 0 Å². The van der Waals surface area contributed by atoms with Gasteiger partial charge in [0.2, 0.25) is 0 Å². The first-order valence-electron chi connectivity index (χ1n) is 5.01. The minimum Gasteiger partial charge on any atom is -0.467 e. The van der Waals surface area contributed by atoms with E-state index in [2.05, 4.69) is 31.4 Å². The van der Waals surface area contributed by atoms with Crippen molar-refractivity contribution in [3.05, 3.63) is 24.2 Å². The molecular formula is C11H18N2O2. The van der Waals surface area contributed by atoms with Crippen molar-refractivity contribution in [3.63, 3.8) is 0 Å². The Morgan fingerprint density at radius 1 is 1.40 bits per heavy atom. The molecule has 0 radical (unpaired) electrons. The van der Waals surface area contributed by atoms with Crippen LogP contribution in [0.25, 0.3) is 0 Å². The van der Waals surface area contributed by atoms with Crippen LogP contribution in [-0.2, 0) is 6.54 Å². The maximum absolute atomic E-state index is 11.3. The van der Waals surface area contributed by atoms with Gasteiger partial charge in [0.1, 0.15) is 5.76 Å². The van der Waals surface area contributed by atoms with Gasteiger partial charge in [0.25, 0.3) is 0 Å². The summed E-state index contributed by atoms with van der Waals surface area (Å²) in [6.45, 7) is 7.28. The molecule has 0 bridgehead atoms. The highest BCUT2D eigenvalue weighted by Gasteiger charge is 2.11. The third kappa shape index (κ3) is 5.10. The van der Waals surface area contributed by atoms with Gasteiger partial charge in [0.05, 0.1) is 12.8 Å². The van der Waals surface area contributed by atoms with Gasteiger partial charge in [0, 0.05) is 6.54 Å². The van der Waals surface area contributed by atoms with Crippen molar-refractivity contribution in [1.82, 2.24) is 10.6 Å². The van der Waals surface area contributed by atoms with Gasteiger partial charge in [-0.1, -0.05) is 20.8 Å². The van der Waals surface area contributed by atoms with Crippen LogP contribution < -0.4 is 10.6 Å². The fourth-order valence-electron chi connectivity index (χ4n) is 0.989. The monoisotopic (exact) mass is 210 g/mol. The van der Waals surface area contributed by atoms with Crippen molar-refractivity contribution in [2.24, 2.45) is 5.41 Å². The molecular weight excluding hydrogens is 192 g/mol. The topological polar surface area (TPSA) is 54.3 Å². The summed E-state index contributed by atoms with van der Waals surface area (Å²) in [6.07, 6.45) is 1.59. The molecule has 0 aliphatic rings. The summed E-state index contributed by atoms with van der Waals surface area (Å²) in [5.41, 5.74) is 0.0992. The van der Waals surface area contributed by atoms with Gasteiger partial charge in [-0.15, -0.1) is 0 Å². The third-order valence-electron chi connectivity index (χ3n) is 1.78. The molecule has 1 aromatic rings. The quantitative estimate of drug-likeness (QED) is 0.803. The molecule has 15 heavy (non-hydrogen) atoms. The second-order valence-corrected chi connectivity index (χ2v) is 4.68. The molecule has 1 heterocycles. The molecule has 0 saturated carbocycles. The summed E-state index contributed by atoms with van der Waals surface area (Å²) in [6, 6.07) is 3.45. The summed E-state index contributed by atoms with van der Waals surface area (Å²) < 4.78 is 5.09. The van der Waals surface area contributed by atoms with Crippen LogP contribution in [-0.4, -0.2) is 12.6 Å². The van der Waals surface area contributed by atoms with Gasteiger partial charge < -0.3 is 15.1 Å². The first-order valence-corrected chi connectivity index (χ1v) is 5.01. The zero-order valence-electron chi connectivity index (χ0n) is 9.46. The summed E-state index contributed by atoms with van der Waals surface area (Å²) in [5, 5.41) is 5.51. The molecule has 4 nitrogen and oxygen atoms in total. The van der Waals surface area contributed by atoms with E-state index < -0.39 is 0 Å².